The molecule has 0 bridgehead atoms. The van der Waals surface area contributed by atoms with Gasteiger partial charge >= 0.3 is 0 Å². The summed E-state index contributed by atoms with van der Waals surface area (Å²) in [5.41, 5.74) is 0.157. The first-order chi connectivity index (χ1) is 7.51. The highest BCUT2D eigenvalue weighted by atomic mass is 19.1. The number of hydrogen-bond acceptors (Lipinski definition) is 3. The molecule has 1 aromatic rings. The van der Waals surface area contributed by atoms with Gasteiger partial charge in [-0.2, -0.15) is 4.39 Å². The van der Waals surface area contributed by atoms with Crippen LogP contribution in [0.25, 0.3) is 0 Å². The SMILES string of the molecule is COc1cc(CC(C)O)c(F)c(OC)c1F. The van der Waals surface area contributed by atoms with Crippen LogP contribution in [0.3, 0.4) is 0 Å². The van der Waals surface area contributed by atoms with E-state index in [2.05, 4.69) is 4.74 Å². The Morgan fingerprint density at radius 2 is 1.88 bits per heavy atom. The van der Waals surface area contributed by atoms with Crippen molar-refractivity contribution >= 4 is 0 Å². The summed E-state index contributed by atoms with van der Waals surface area (Å²) in [5.74, 6) is -2.28. The van der Waals surface area contributed by atoms with Gasteiger partial charge in [0.15, 0.2) is 17.3 Å². The van der Waals surface area contributed by atoms with Gasteiger partial charge in [0.25, 0.3) is 0 Å². The van der Waals surface area contributed by atoms with Gasteiger partial charge in [0, 0.05) is 6.42 Å². The Bertz CT molecular complexity index is 378. The predicted octanol–water partition coefficient (Wildman–Crippen LogP) is 1.91. The molecule has 0 radical (unpaired) electrons. The van der Waals surface area contributed by atoms with Crippen molar-refractivity contribution in [3.05, 3.63) is 23.3 Å². The van der Waals surface area contributed by atoms with Gasteiger partial charge in [-0.3, -0.25) is 0 Å². The summed E-state index contributed by atoms with van der Waals surface area (Å²) in [6.07, 6.45) is -0.659. The van der Waals surface area contributed by atoms with Gasteiger partial charge in [-0.15, -0.1) is 0 Å². The third-order valence-electron chi connectivity index (χ3n) is 2.14. The van der Waals surface area contributed by atoms with Crippen molar-refractivity contribution in [2.75, 3.05) is 14.2 Å². The largest absolute Gasteiger partial charge is 0.494 e. The van der Waals surface area contributed by atoms with Crippen LogP contribution in [0.15, 0.2) is 6.07 Å². The van der Waals surface area contributed by atoms with Crippen LogP contribution in [-0.2, 0) is 6.42 Å². The van der Waals surface area contributed by atoms with Crippen LogP contribution in [0.2, 0.25) is 0 Å². The van der Waals surface area contributed by atoms with E-state index in [9.17, 15) is 13.9 Å². The highest BCUT2D eigenvalue weighted by molar-refractivity contribution is 5.42. The molecule has 5 heteroatoms. The lowest BCUT2D eigenvalue weighted by atomic mass is 10.1. The summed E-state index contributed by atoms with van der Waals surface area (Å²) in [4.78, 5) is 0. The normalized spacial score (nSPS) is 12.4. The summed E-state index contributed by atoms with van der Waals surface area (Å²) in [7, 11) is 2.45. The zero-order valence-electron chi connectivity index (χ0n) is 9.38. The molecule has 0 fully saturated rings. The molecule has 1 atom stereocenters. The van der Waals surface area contributed by atoms with Crippen LogP contribution >= 0.6 is 0 Å². The fourth-order valence-electron chi connectivity index (χ4n) is 1.43. The summed E-state index contributed by atoms with van der Waals surface area (Å²) >= 11 is 0. The van der Waals surface area contributed by atoms with E-state index in [4.69, 9.17) is 4.74 Å². The van der Waals surface area contributed by atoms with Gasteiger partial charge in [0.2, 0.25) is 5.82 Å². The van der Waals surface area contributed by atoms with Crippen molar-refractivity contribution in [3.63, 3.8) is 0 Å². The van der Waals surface area contributed by atoms with Crippen LogP contribution in [-0.4, -0.2) is 25.4 Å². The molecule has 0 spiro atoms. The summed E-state index contributed by atoms with van der Waals surface area (Å²) in [6, 6.07) is 1.22. The van der Waals surface area contributed by atoms with E-state index in [1.54, 1.807) is 0 Å². The van der Waals surface area contributed by atoms with E-state index in [1.165, 1.54) is 27.2 Å². The van der Waals surface area contributed by atoms with Crippen LogP contribution in [0.5, 0.6) is 11.5 Å². The van der Waals surface area contributed by atoms with E-state index < -0.39 is 23.5 Å². The van der Waals surface area contributed by atoms with Crippen molar-refractivity contribution in [2.45, 2.75) is 19.4 Å². The van der Waals surface area contributed by atoms with Crippen molar-refractivity contribution < 1.29 is 23.4 Å². The minimum absolute atomic E-state index is 0.0683. The Hall–Kier alpha value is -1.36. The fourth-order valence-corrected chi connectivity index (χ4v) is 1.43. The van der Waals surface area contributed by atoms with Gasteiger partial charge < -0.3 is 14.6 Å². The fraction of sp³-hybridized carbons (Fsp3) is 0.455. The Morgan fingerprint density at radius 3 is 2.31 bits per heavy atom. The molecule has 0 aromatic heterocycles. The molecule has 1 unspecified atom stereocenters. The van der Waals surface area contributed by atoms with Crippen LogP contribution in [0.1, 0.15) is 12.5 Å². The molecule has 0 aliphatic carbocycles. The van der Waals surface area contributed by atoms with Crippen molar-refractivity contribution in [1.29, 1.82) is 0 Å². The summed E-state index contributed by atoms with van der Waals surface area (Å²) in [6.45, 7) is 1.52. The lowest BCUT2D eigenvalue weighted by Crippen LogP contribution is -2.08. The molecular weight excluding hydrogens is 218 g/mol. The second-order valence-electron chi connectivity index (χ2n) is 3.45. The second kappa shape index (κ2) is 5.12. The number of aliphatic hydroxyl groups is 1. The number of benzene rings is 1. The molecule has 1 aromatic carbocycles. The van der Waals surface area contributed by atoms with Gasteiger partial charge in [0.1, 0.15) is 0 Å². The minimum Gasteiger partial charge on any atom is -0.494 e. The molecule has 0 aliphatic heterocycles. The summed E-state index contributed by atoms with van der Waals surface area (Å²) < 4.78 is 36.6. The molecule has 0 saturated carbocycles. The molecule has 0 amide bonds. The maximum atomic E-state index is 13.7. The maximum Gasteiger partial charge on any atom is 0.209 e. The first-order valence-corrected chi connectivity index (χ1v) is 4.78. The minimum atomic E-state index is -0.878. The van der Waals surface area contributed by atoms with E-state index in [-0.39, 0.29) is 17.7 Å². The zero-order valence-corrected chi connectivity index (χ0v) is 9.38. The molecular formula is C11H14F2O3. The second-order valence-corrected chi connectivity index (χ2v) is 3.45. The molecule has 90 valence electrons. The number of halogens is 2. The molecule has 3 nitrogen and oxygen atoms in total. The van der Waals surface area contributed by atoms with Crippen LogP contribution < -0.4 is 9.47 Å². The van der Waals surface area contributed by atoms with E-state index in [1.807, 2.05) is 0 Å². The molecule has 1 N–H and O–H groups in total. The third kappa shape index (κ3) is 2.41. The Morgan fingerprint density at radius 1 is 1.25 bits per heavy atom. The molecule has 0 saturated heterocycles. The number of rotatable bonds is 4. The number of hydrogen-bond donors (Lipinski definition) is 1. The van der Waals surface area contributed by atoms with Gasteiger partial charge in [0.05, 0.1) is 20.3 Å². The third-order valence-corrected chi connectivity index (χ3v) is 2.14. The quantitative estimate of drug-likeness (QED) is 0.861. The van der Waals surface area contributed by atoms with E-state index >= 15 is 0 Å². The average molecular weight is 232 g/mol. The lowest BCUT2D eigenvalue weighted by molar-refractivity contribution is 0.193. The Balaban J connectivity index is 3.28. The molecule has 16 heavy (non-hydrogen) atoms. The number of ether oxygens (including phenoxy) is 2. The molecule has 0 aliphatic rings. The monoisotopic (exact) mass is 232 g/mol. The standard InChI is InChI=1S/C11H14F2O3/c1-6(14)4-7-5-8(15-2)10(13)11(16-3)9(7)12/h5-6,14H,4H2,1-3H3. The molecule has 0 heterocycles. The first-order valence-electron chi connectivity index (χ1n) is 4.78. The topological polar surface area (TPSA) is 38.7 Å². The van der Waals surface area contributed by atoms with Gasteiger partial charge in [-0.05, 0) is 18.6 Å². The lowest BCUT2D eigenvalue weighted by Gasteiger charge is -2.13. The van der Waals surface area contributed by atoms with Gasteiger partial charge in [-0.1, -0.05) is 0 Å². The van der Waals surface area contributed by atoms with Crippen LogP contribution in [0.4, 0.5) is 8.78 Å². The van der Waals surface area contributed by atoms with E-state index in [0.717, 1.165) is 0 Å². The van der Waals surface area contributed by atoms with Gasteiger partial charge in [-0.25, -0.2) is 4.39 Å². The predicted molar refractivity (Wildman–Crippen MR) is 54.8 cm³/mol. The van der Waals surface area contributed by atoms with Crippen molar-refractivity contribution in [1.82, 2.24) is 0 Å². The summed E-state index contributed by atoms with van der Waals surface area (Å²) in [5, 5.41) is 9.18. The average Bonchev–Trinajstić information content (AvgIpc) is 2.22. The smallest absolute Gasteiger partial charge is 0.209 e. The van der Waals surface area contributed by atoms with Crippen molar-refractivity contribution in [2.24, 2.45) is 0 Å². The highest BCUT2D eigenvalue weighted by Crippen LogP contribution is 2.32. The highest BCUT2D eigenvalue weighted by Gasteiger charge is 2.20. The number of aliphatic hydroxyl groups excluding tert-OH is 1. The first kappa shape index (κ1) is 12.7. The van der Waals surface area contributed by atoms with Crippen molar-refractivity contribution in [3.8, 4) is 11.5 Å². The van der Waals surface area contributed by atoms with Crippen LogP contribution in [0, 0.1) is 11.6 Å². The molecule has 1 rings (SSSR count). The zero-order chi connectivity index (χ0) is 12.3. The Labute approximate surface area is 92.6 Å². The number of methoxy groups -OCH3 is 2. The maximum absolute atomic E-state index is 13.7. The van der Waals surface area contributed by atoms with E-state index in [0.29, 0.717) is 0 Å². The Kier molecular flexibility index (Phi) is 4.06.